The average Bonchev–Trinajstić information content (AvgIpc) is 2.82. The highest BCUT2D eigenvalue weighted by atomic mass is 15.1. The molecule has 3 rings (SSSR count). The molecule has 0 unspecified atom stereocenters. The third kappa shape index (κ3) is 9.90. The van der Waals surface area contributed by atoms with Gasteiger partial charge in [-0.2, -0.15) is 0 Å². The van der Waals surface area contributed by atoms with Crippen LogP contribution in [0.1, 0.15) is 16.7 Å². The van der Waals surface area contributed by atoms with Gasteiger partial charge in [0.1, 0.15) is 0 Å². The molecule has 0 aliphatic heterocycles. The predicted octanol–water partition coefficient (Wildman–Crippen LogP) is 3.66. The minimum Gasteiger partial charge on any atom is -0.314 e. The molecule has 0 heterocycles. The Morgan fingerprint density at radius 3 is 1.39 bits per heavy atom. The van der Waals surface area contributed by atoms with Crippen molar-refractivity contribution in [1.82, 2.24) is 20.9 Å². The van der Waals surface area contributed by atoms with Crippen molar-refractivity contribution in [2.75, 3.05) is 39.3 Å². The predicted molar refractivity (Wildman–Crippen MR) is 131 cm³/mol. The van der Waals surface area contributed by atoms with Crippen molar-refractivity contribution in [2.45, 2.75) is 19.6 Å². The van der Waals surface area contributed by atoms with Crippen LogP contribution in [0.5, 0.6) is 0 Å². The van der Waals surface area contributed by atoms with E-state index in [1.54, 1.807) is 0 Å². The lowest BCUT2D eigenvalue weighted by Gasteiger charge is -2.23. The van der Waals surface area contributed by atoms with Crippen molar-refractivity contribution >= 4 is 0 Å². The van der Waals surface area contributed by atoms with Crippen LogP contribution in [0.3, 0.4) is 0 Å². The fraction of sp³-hybridized carbons (Fsp3) is 0.333. The van der Waals surface area contributed by atoms with Gasteiger partial charge in [0, 0.05) is 58.9 Å². The van der Waals surface area contributed by atoms with Crippen LogP contribution >= 0.6 is 0 Å². The second-order valence-electron chi connectivity index (χ2n) is 7.84. The fourth-order valence-corrected chi connectivity index (χ4v) is 3.57. The van der Waals surface area contributed by atoms with Gasteiger partial charge in [-0.05, 0) is 16.7 Å². The molecule has 0 aliphatic rings. The molecule has 0 bridgehead atoms. The third-order valence-electron chi connectivity index (χ3n) is 5.23. The Morgan fingerprint density at radius 2 is 0.871 bits per heavy atom. The monoisotopic (exact) mass is 416 g/mol. The molecular formula is C27H36N4. The lowest BCUT2D eigenvalue weighted by Crippen LogP contribution is -2.36. The van der Waals surface area contributed by atoms with Gasteiger partial charge in [0.05, 0.1) is 0 Å². The van der Waals surface area contributed by atoms with Crippen LogP contribution in [0.25, 0.3) is 0 Å². The summed E-state index contributed by atoms with van der Waals surface area (Å²) in [5, 5.41) is 10.6. The molecule has 0 radical (unpaired) electrons. The van der Waals surface area contributed by atoms with Gasteiger partial charge in [-0.1, -0.05) is 91.0 Å². The van der Waals surface area contributed by atoms with Gasteiger partial charge in [-0.15, -0.1) is 0 Å². The molecule has 0 fully saturated rings. The number of hydrogen-bond acceptors (Lipinski definition) is 4. The smallest absolute Gasteiger partial charge is 0.0237 e. The molecule has 0 spiro atoms. The van der Waals surface area contributed by atoms with E-state index in [1.165, 1.54) is 16.7 Å². The van der Waals surface area contributed by atoms with E-state index in [0.29, 0.717) is 0 Å². The molecule has 0 amide bonds. The zero-order valence-corrected chi connectivity index (χ0v) is 18.5. The Hall–Kier alpha value is -2.50. The maximum Gasteiger partial charge on any atom is 0.0237 e. The molecule has 3 aromatic carbocycles. The summed E-state index contributed by atoms with van der Waals surface area (Å²) in [6.45, 7) is 8.86. The Morgan fingerprint density at radius 1 is 0.452 bits per heavy atom. The van der Waals surface area contributed by atoms with Gasteiger partial charge in [-0.25, -0.2) is 0 Å². The van der Waals surface area contributed by atoms with Crippen LogP contribution in [0, 0.1) is 0 Å². The Kier molecular flexibility index (Phi) is 10.8. The number of nitrogens with one attached hydrogen (secondary N) is 3. The summed E-state index contributed by atoms with van der Waals surface area (Å²) in [5.41, 5.74) is 4.06. The minimum absolute atomic E-state index is 0.930. The number of hydrogen-bond donors (Lipinski definition) is 3. The van der Waals surface area contributed by atoms with Crippen molar-refractivity contribution in [3.05, 3.63) is 108 Å². The highest BCUT2D eigenvalue weighted by Crippen LogP contribution is 2.09. The van der Waals surface area contributed by atoms with Gasteiger partial charge in [0.2, 0.25) is 0 Å². The molecular weight excluding hydrogens is 380 g/mol. The second-order valence-corrected chi connectivity index (χ2v) is 7.84. The molecule has 3 N–H and O–H groups in total. The third-order valence-corrected chi connectivity index (χ3v) is 5.23. The van der Waals surface area contributed by atoms with E-state index in [4.69, 9.17) is 0 Å². The maximum atomic E-state index is 3.58. The fourth-order valence-electron chi connectivity index (χ4n) is 3.57. The van der Waals surface area contributed by atoms with E-state index >= 15 is 0 Å². The number of rotatable bonds is 15. The van der Waals surface area contributed by atoms with Crippen molar-refractivity contribution < 1.29 is 0 Å². The molecule has 164 valence electrons. The SMILES string of the molecule is c1ccc(CNCCNCCNCCN(Cc2ccccc2)Cc2ccccc2)cc1. The molecule has 0 aromatic heterocycles. The van der Waals surface area contributed by atoms with Crippen molar-refractivity contribution in [3.8, 4) is 0 Å². The van der Waals surface area contributed by atoms with Gasteiger partial charge < -0.3 is 16.0 Å². The average molecular weight is 417 g/mol. The Balaban J connectivity index is 1.27. The summed E-state index contributed by atoms with van der Waals surface area (Å²) in [6.07, 6.45) is 0. The molecule has 0 saturated heterocycles. The number of nitrogens with zero attached hydrogens (tertiary/aromatic N) is 1. The van der Waals surface area contributed by atoms with Gasteiger partial charge in [0.15, 0.2) is 0 Å². The molecule has 31 heavy (non-hydrogen) atoms. The van der Waals surface area contributed by atoms with Crippen LogP contribution in [0.2, 0.25) is 0 Å². The summed E-state index contributed by atoms with van der Waals surface area (Å²) >= 11 is 0. The maximum absolute atomic E-state index is 3.58. The van der Waals surface area contributed by atoms with Crippen molar-refractivity contribution in [3.63, 3.8) is 0 Å². The van der Waals surface area contributed by atoms with E-state index in [-0.39, 0.29) is 0 Å². The van der Waals surface area contributed by atoms with Gasteiger partial charge in [-0.3, -0.25) is 4.90 Å². The molecule has 4 nitrogen and oxygen atoms in total. The van der Waals surface area contributed by atoms with Crippen LogP contribution in [-0.2, 0) is 19.6 Å². The van der Waals surface area contributed by atoms with Crippen LogP contribution in [0.15, 0.2) is 91.0 Å². The minimum atomic E-state index is 0.930. The first kappa shape index (κ1) is 23.2. The topological polar surface area (TPSA) is 39.3 Å². The van der Waals surface area contributed by atoms with E-state index < -0.39 is 0 Å². The van der Waals surface area contributed by atoms with E-state index in [9.17, 15) is 0 Å². The zero-order chi connectivity index (χ0) is 21.4. The molecule has 0 saturated carbocycles. The highest BCUT2D eigenvalue weighted by molar-refractivity contribution is 5.17. The Bertz CT molecular complexity index is 767. The summed E-state index contributed by atoms with van der Waals surface area (Å²) in [4.78, 5) is 2.51. The van der Waals surface area contributed by atoms with Crippen LogP contribution in [0.4, 0.5) is 0 Å². The van der Waals surface area contributed by atoms with Crippen LogP contribution in [-0.4, -0.2) is 44.2 Å². The standard InChI is InChI=1S/C27H36N4/c1-4-10-25(11-5-1)22-30-19-18-28-16-17-29-20-21-31(23-26-12-6-2-7-13-26)24-27-14-8-3-9-15-27/h1-15,28-30H,16-24H2. The summed E-state index contributed by atoms with van der Waals surface area (Å²) in [6, 6.07) is 32.0. The van der Waals surface area contributed by atoms with Crippen molar-refractivity contribution in [1.29, 1.82) is 0 Å². The Labute approximate surface area is 187 Å². The number of benzene rings is 3. The van der Waals surface area contributed by atoms with E-state index in [2.05, 4.69) is 112 Å². The summed E-state index contributed by atoms with van der Waals surface area (Å²) < 4.78 is 0. The van der Waals surface area contributed by atoms with E-state index in [1.807, 2.05) is 0 Å². The molecule has 4 heteroatoms. The first-order valence-corrected chi connectivity index (χ1v) is 11.4. The quantitative estimate of drug-likeness (QED) is 0.331. The highest BCUT2D eigenvalue weighted by Gasteiger charge is 2.07. The molecule has 0 atom stereocenters. The first-order chi connectivity index (χ1) is 15.4. The largest absolute Gasteiger partial charge is 0.314 e. The molecule has 0 aliphatic carbocycles. The summed E-state index contributed by atoms with van der Waals surface area (Å²) in [5.74, 6) is 0. The lowest BCUT2D eigenvalue weighted by atomic mass is 10.1. The first-order valence-electron chi connectivity index (χ1n) is 11.4. The normalized spacial score (nSPS) is 11.1. The lowest BCUT2D eigenvalue weighted by molar-refractivity contribution is 0.256. The summed E-state index contributed by atoms with van der Waals surface area (Å²) in [7, 11) is 0. The van der Waals surface area contributed by atoms with E-state index in [0.717, 1.165) is 58.9 Å². The van der Waals surface area contributed by atoms with Gasteiger partial charge >= 0.3 is 0 Å². The van der Waals surface area contributed by atoms with Crippen LogP contribution < -0.4 is 16.0 Å². The van der Waals surface area contributed by atoms with Gasteiger partial charge in [0.25, 0.3) is 0 Å². The molecule has 3 aromatic rings. The zero-order valence-electron chi connectivity index (χ0n) is 18.5. The second kappa shape index (κ2) is 14.5. The van der Waals surface area contributed by atoms with Crippen molar-refractivity contribution in [2.24, 2.45) is 0 Å².